The van der Waals surface area contributed by atoms with Gasteiger partial charge in [0.2, 0.25) is 0 Å². The van der Waals surface area contributed by atoms with Crippen LogP contribution in [0.3, 0.4) is 0 Å². The Bertz CT molecular complexity index is 602. The van der Waals surface area contributed by atoms with E-state index in [9.17, 15) is 8.78 Å². The molecule has 1 aliphatic heterocycles. The van der Waals surface area contributed by atoms with Gasteiger partial charge in [0.1, 0.15) is 0 Å². The minimum absolute atomic E-state index is 0.147. The fourth-order valence-corrected chi connectivity index (χ4v) is 2.77. The molecule has 0 spiro atoms. The van der Waals surface area contributed by atoms with Gasteiger partial charge in [-0.1, -0.05) is 23.7 Å². The normalized spacial score (nSPS) is 18.5. The fraction of sp³-hybridized carbons (Fsp3) is 0.357. The molecular formula is C14H13ClF2N2. The summed E-state index contributed by atoms with van der Waals surface area (Å²) < 4.78 is 25.5. The van der Waals surface area contributed by atoms with Gasteiger partial charge in [-0.2, -0.15) is 0 Å². The number of pyridine rings is 1. The lowest BCUT2D eigenvalue weighted by Gasteiger charge is -2.38. The summed E-state index contributed by atoms with van der Waals surface area (Å²) >= 11 is 6.20. The Kier molecular flexibility index (Phi) is 3.15. The molecule has 1 aromatic carbocycles. The van der Waals surface area contributed by atoms with Crippen LogP contribution in [0.1, 0.15) is 5.69 Å². The van der Waals surface area contributed by atoms with Crippen molar-refractivity contribution in [3.05, 3.63) is 41.2 Å². The van der Waals surface area contributed by atoms with Gasteiger partial charge in [-0.05, 0) is 17.5 Å². The maximum atomic E-state index is 12.8. The summed E-state index contributed by atoms with van der Waals surface area (Å²) in [6.07, 6.45) is 2.37. The number of alkyl halides is 2. The number of hydrogen-bond acceptors (Lipinski definition) is 2. The summed E-state index contributed by atoms with van der Waals surface area (Å²) in [6.45, 7) is 0.296. The van der Waals surface area contributed by atoms with Gasteiger partial charge >= 0.3 is 0 Å². The summed E-state index contributed by atoms with van der Waals surface area (Å²) in [6, 6.07) is 7.60. The van der Waals surface area contributed by atoms with E-state index >= 15 is 0 Å². The molecule has 3 rings (SSSR count). The van der Waals surface area contributed by atoms with Crippen LogP contribution in [0.25, 0.3) is 10.8 Å². The highest BCUT2D eigenvalue weighted by atomic mass is 35.5. The van der Waals surface area contributed by atoms with E-state index in [1.165, 1.54) is 0 Å². The van der Waals surface area contributed by atoms with Crippen LogP contribution < -0.4 is 0 Å². The van der Waals surface area contributed by atoms with Gasteiger partial charge in [0.05, 0.1) is 23.8 Å². The van der Waals surface area contributed by atoms with Gasteiger partial charge in [0.25, 0.3) is 5.92 Å². The molecule has 1 aliphatic rings. The Morgan fingerprint density at radius 1 is 1.26 bits per heavy atom. The lowest BCUT2D eigenvalue weighted by molar-refractivity contribution is -0.129. The van der Waals surface area contributed by atoms with Crippen molar-refractivity contribution in [2.24, 2.45) is 0 Å². The minimum atomic E-state index is -2.51. The maximum absolute atomic E-state index is 12.8. The topological polar surface area (TPSA) is 16.1 Å². The second-order valence-corrected chi connectivity index (χ2v) is 5.32. The van der Waals surface area contributed by atoms with Crippen LogP contribution in [0.15, 0.2) is 30.5 Å². The molecule has 0 aliphatic carbocycles. The number of fused-ring (bicyclic) bond motifs is 1. The van der Waals surface area contributed by atoms with Crippen LogP contribution in [-0.2, 0) is 6.42 Å². The second-order valence-electron chi connectivity index (χ2n) is 4.91. The van der Waals surface area contributed by atoms with Crippen molar-refractivity contribution in [1.82, 2.24) is 9.88 Å². The second kappa shape index (κ2) is 4.69. The Morgan fingerprint density at radius 3 is 2.79 bits per heavy atom. The number of benzene rings is 1. The third-order valence-electron chi connectivity index (χ3n) is 3.39. The number of hydrogen-bond donors (Lipinski definition) is 0. The fourth-order valence-electron chi connectivity index (χ4n) is 2.48. The summed E-state index contributed by atoms with van der Waals surface area (Å²) in [7, 11) is 0. The van der Waals surface area contributed by atoms with Crippen LogP contribution in [-0.4, -0.2) is 35.4 Å². The Balaban J connectivity index is 1.78. The standard InChI is InChI=1S/C14H13ClF2N2/c15-11-3-1-2-10-4-6-18-12(13(10)11)5-7-19-8-14(16,17)9-19/h1-4,6H,5,7-9H2. The predicted molar refractivity (Wildman–Crippen MR) is 71.8 cm³/mol. The quantitative estimate of drug-likeness (QED) is 0.858. The molecule has 0 saturated carbocycles. The molecule has 0 amide bonds. The zero-order chi connectivity index (χ0) is 13.5. The van der Waals surface area contributed by atoms with Gasteiger partial charge < -0.3 is 0 Å². The summed E-state index contributed by atoms with van der Waals surface area (Å²) in [4.78, 5) is 6.07. The molecule has 1 aromatic heterocycles. The highest BCUT2D eigenvalue weighted by molar-refractivity contribution is 6.35. The van der Waals surface area contributed by atoms with Crippen molar-refractivity contribution in [3.8, 4) is 0 Å². The average molecular weight is 283 g/mol. The molecule has 19 heavy (non-hydrogen) atoms. The van der Waals surface area contributed by atoms with Gasteiger partial charge in [-0.25, -0.2) is 8.78 Å². The molecule has 2 heterocycles. The lowest BCUT2D eigenvalue weighted by atomic mass is 10.1. The summed E-state index contributed by atoms with van der Waals surface area (Å²) in [5.41, 5.74) is 0.873. The number of nitrogens with zero attached hydrogens (tertiary/aromatic N) is 2. The van der Waals surface area contributed by atoms with Gasteiger partial charge in [0, 0.05) is 24.5 Å². The zero-order valence-corrected chi connectivity index (χ0v) is 11.0. The van der Waals surface area contributed by atoms with Gasteiger partial charge in [0.15, 0.2) is 0 Å². The Labute approximate surface area is 115 Å². The molecule has 0 atom stereocenters. The minimum Gasteiger partial charge on any atom is -0.291 e. The first-order chi connectivity index (χ1) is 9.05. The predicted octanol–water partition coefficient (Wildman–Crippen LogP) is 3.38. The molecular weight excluding hydrogens is 270 g/mol. The summed E-state index contributed by atoms with van der Waals surface area (Å²) in [5, 5.41) is 2.62. The highest BCUT2D eigenvalue weighted by Crippen LogP contribution is 2.28. The zero-order valence-electron chi connectivity index (χ0n) is 10.2. The molecule has 2 nitrogen and oxygen atoms in total. The number of aromatic nitrogens is 1. The van der Waals surface area contributed by atoms with E-state index in [1.807, 2.05) is 24.3 Å². The molecule has 1 fully saturated rings. The van der Waals surface area contributed by atoms with E-state index in [2.05, 4.69) is 4.98 Å². The highest BCUT2D eigenvalue weighted by Gasteiger charge is 2.43. The third kappa shape index (κ3) is 2.55. The van der Waals surface area contributed by atoms with Crippen molar-refractivity contribution in [2.75, 3.05) is 19.6 Å². The molecule has 0 radical (unpaired) electrons. The van der Waals surface area contributed by atoms with E-state index in [0.29, 0.717) is 18.0 Å². The van der Waals surface area contributed by atoms with Crippen LogP contribution in [0, 0.1) is 0 Å². The first-order valence-corrected chi connectivity index (χ1v) is 6.55. The van der Waals surface area contributed by atoms with Crippen molar-refractivity contribution in [1.29, 1.82) is 0 Å². The van der Waals surface area contributed by atoms with E-state index < -0.39 is 5.92 Å². The Hall–Kier alpha value is -1.26. The van der Waals surface area contributed by atoms with Crippen LogP contribution >= 0.6 is 11.6 Å². The van der Waals surface area contributed by atoms with Crippen LogP contribution in [0.5, 0.6) is 0 Å². The maximum Gasteiger partial charge on any atom is 0.272 e. The molecule has 5 heteroatoms. The van der Waals surface area contributed by atoms with Crippen molar-refractivity contribution in [2.45, 2.75) is 12.3 Å². The lowest BCUT2D eigenvalue weighted by Crippen LogP contribution is -2.56. The van der Waals surface area contributed by atoms with Crippen molar-refractivity contribution in [3.63, 3.8) is 0 Å². The molecule has 0 N–H and O–H groups in total. The third-order valence-corrected chi connectivity index (χ3v) is 3.71. The monoisotopic (exact) mass is 282 g/mol. The first kappa shape index (κ1) is 12.8. The molecule has 0 unspecified atom stereocenters. The molecule has 0 bridgehead atoms. The van der Waals surface area contributed by atoms with Gasteiger partial charge in [-0.3, -0.25) is 9.88 Å². The first-order valence-electron chi connectivity index (χ1n) is 6.17. The van der Waals surface area contributed by atoms with Crippen molar-refractivity contribution >= 4 is 22.4 Å². The smallest absolute Gasteiger partial charge is 0.272 e. The molecule has 100 valence electrons. The Morgan fingerprint density at radius 2 is 2.05 bits per heavy atom. The van der Waals surface area contributed by atoms with E-state index in [-0.39, 0.29) is 13.1 Å². The van der Waals surface area contributed by atoms with Crippen LogP contribution in [0.2, 0.25) is 5.02 Å². The number of rotatable bonds is 3. The van der Waals surface area contributed by atoms with E-state index in [1.54, 1.807) is 11.1 Å². The van der Waals surface area contributed by atoms with Crippen LogP contribution in [0.4, 0.5) is 8.78 Å². The SMILES string of the molecule is FC1(F)CN(CCc2nccc3cccc(Cl)c23)C1. The van der Waals surface area contributed by atoms with E-state index in [0.717, 1.165) is 16.5 Å². The van der Waals surface area contributed by atoms with Gasteiger partial charge in [-0.15, -0.1) is 0 Å². The van der Waals surface area contributed by atoms with E-state index in [4.69, 9.17) is 11.6 Å². The van der Waals surface area contributed by atoms with Crippen molar-refractivity contribution < 1.29 is 8.78 Å². The number of likely N-dealkylation sites (tertiary alicyclic amines) is 1. The molecule has 1 saturated heterocycles. The average Bonchev–Trinajstić information content (AvgIpc) is 2.34. The summed E-state index contributed by atoms with van der Waals surface area (Å²) in [5.74, 6) is -2.51. The number of halogens is 3. The largest absolute Gasteiger partial charge is 0.291 e. The molecule has 2 aromatic rings.